The van der Waals surface area contributed by atoms with E-state index in [4.69, 9.17) is 11.5 Å². The topological polar surface area (TPSA) is 107 Å². The monoisotopic (exact) mass is 385 g/mol. The van der Waals surface area contributed by atoms with Crippen molar-refractivity contribution in [3.63, 3.8) is 0 Å². The maximum Gasteiger partial charge on any atom is 0.0925 e. The maximum atomic E-state index is 6.07. The number of aromatic nitrogens is 1. The van der Waals surface area contributed by atoms with Crippen LogP contribution in [-0.4, -0.2) is 42.7 Å². The van der Waals surface area contributed by atoms with Gasteiger partial charge in [0.05, 0.1) is 24.4 Å². The Kier molecular flexibility index (Phi) is 7.78. The second-order valence-corrected chi connectivity index (χ2v) is 7.35. The third-order valence-corrected chi connectivity index (χ3v) is 4.70. The number of nitrogens with one attached hydrogen (secondary N) is 4. The molecule has 0 bridgehead atoms. The fourth-order valence-electron chi connectivity index (χ4n) is 3.35. The van der Waals surface area contributed by atoms with Crippen molar-refractivity contribution in [2.75, 3.05) is 20.6 Å². The van der Waals surface area contributed by atoms with Gasteiger partial charge in [-0.05, 0) is 57.4 Å². The van der Waals surface area contributed by atoms with Crippen LogP contribution in [0.3, 0.4) is 0 Å². The van der Waals surface area contributed by atoms with E-state index in [2.05, 4.69) is 65.3 Å². The first-order valence-corrected chi connectivity index (χ1v) is 9.66. The highest BCUT2D eigenvalue weighted by Gasteiger charge is 2.25. The van der Waals surface area contributed by atoms with Crippen LogP contribution in [0, 0.1) is 6.92 Å². The molecule has 1 unspecified atom stereocenters. The Hall–Kier alpha value is -2.64. The number of nitrogens with zero attached hydrogens (tertiary/aromatic N) is 1. The molecule has 1 aromatic heterocycles. The fourth-order valence-corrected chi connectivity index (χ4v) is 3.35. The summed E-state index contributed by atoms with van der Waals surface area (Å²) in [5.74, 6) is 1.32. The Labute approximate surface area is 168 Å². The van der Waals surface area contributed by atoms with Crippen LogP contribution < -0.4 is 27.4 Å². The molecule has 2 atom stereocenters. The summed E-state index contributed by atoms with van der Waals surface area (Å²) in [6, 6.07) is 8.83. The molecule has 7 heteroatoms. The quantitative estimate of drug-likeness (QED) is 0.451. The van der Waals surface area contributed by atoms with Crippen LogP contribution in [0.5, 0.6) is 0 Å². The van der Waals surface area contributed by atoms with E-state index in [9.17, 15) is 0 Å². The number of hydrogen-bond acceptors (Lipinski definition) is 6. The average molecular weight is 386 g/mol. The highest BCUT2D eigenvalue weighted by Crippen LogP contribution is 2.18. The lowest BCUT2D eigenvalue weighted by atomic mass is 10.0. The number of rotatable bonds is 6. The van der Waals surface area contributed by atoms with Crippen molar-refractivity contribution in [3.05, 3.63) is 60.3 Å². The van der Waals surface area contributed by atoms with Crippen LogP contribution in [0.4, 0.5) is 0 Å². The molecule has 0 amide bonds. The van der Waals surface area contributed by atoms with E-state index in [1.165, 1.54) is 10.9 Å². The van der Waals surface area contributed by atoms with Crippen molar-refractivity contribution < 1.29 is 0 Å². The van der Waals surface area contributed by atoms with Gasteiger partial charge in [-0.2, -0.15) is 0 Å². The minimum absolute atomic E-state index is 0.0495. The van der Waals surface area contributed by atoms with E-state index in [0.717, 1.165) is 36.4 Å². The van der Waals surface area contributed by atoms with Crippen molar-refractivity contribution in [1.82, 2.24) is 25.8 Å². The molecule has 0 radical (unpaired) electrons. The number of nitrogens with two attached hydrogens (primary N) is 2. The molecule has 1 aliphatic rings. The molecule has 1 saturated heterocycles. The lowest BCUT2D eigenvalue weighted by Gasteiger charge is -2.39. The molecule has 2 aromatic rings. The molecule has 7 nitrogen and oxygen atoms in total. The number of H-pyrrole nitrogens is 1. The summed E-state index contributed by atoms with van der Waals surface area (Å²) in [5.41, 5.74) is 15.4. The van der Waals surface area contributed by atoms with Crippen LogP contribution >= 0.6 is 0 Å². The van der Waals surface area contributed by atoms with Crippen molar-refractivity contribution >= 4 is 10.9 Å². The van der Waals surface area contributed by atoms with Crippen molar-refractivity contribution in [3.8, 4) is 0 Å². The number of hydrogen-bond donors (Lipinski definition) is 6. The number of benzene rings is 1. The van der Waals surface area contributed by atoms with Gasteiger partial charge in [0.15, 0.2) is 0 Å². The first-order chi connectivity index (χ1) is 13.3. The number of likely N-dealkylation sites (tertiary alicyclic amines) is 1. The van der Waals surface area contributed by atoms with Gasteiger partial charge in [0.2, 0.25) is 0 Å². The van der Waals surface area contributed by atoms with Crippen molar-refractivity contribution in [2.45, 2.75) is 38.5 Å². The second-order valence-electron chi connectivity index (χ2n) is 7.35. The lowest BCUT2D eigenvalue weighted by Crippen LogP contribution is -2.54. The van der Waals surface area contributed by atoms with Gasteiger partial charge in [0.25, 0.3) is 0 Å². The van der Waals surface area contributed by atoms with E-state index in [1.54, 1.807) is 0 Å². The molecule has 0 saturated carbocycles. The molecule has 28 heavy (non-hydrogen) atoms. The van der Waals surface area contributed by atoms with E-state index >= 15 is 0 Å². The average Bonchev–Trinajstić information content (AvgIpc) is 3.04. The third-order valence-electron chi connectivity index (χ3n) is 4.70. The summed E-state index contributed by atoms with van der Waals surface area (Å²) in [6.07, 6.45) is 1.81. The molecule has 2 heterocycles. The standard InChI is InChI=1S/C19H28N6.C2H7N/c1-12-4-6-18-15(8-12)9-17(24-18)10-22-14(3)23-16-5-7-19(21)25(11-16)13(2)20;1-3-2/h4,6,8-9,16,19,22-24H,2-3,5,7,10-11,20-21H2,1H3;3H,1-2H3/t16?,19-;/m1./s1. The van der Waals surface area contributed by atoms with E-state index in [0.29, 0.717) is 12.4 Å². The zero-order chi connectivity index (χ0) is 20.7. The van der Waals surface area contributed by atoms with Crippen LogP contribution in [0.1, 0.15) is 24.1 Å². The molecular formula is C21H35N7. The van der Waals surface area contributed by atoms with Crippen molar-refractivity contribution in [1.29, 1.82) is 0 Å². The Morgan fingerprint density at radius 1 is 1.25 bits per heavy atom. The zero-order valence-corrected chi connectivity index (χ0v) is 17.3. The second kappa shape index (κ2) is 10.1. The molecule has 1 aliphatic heterocycles. The lowest BCUT2D eigenvalue weighted by molar-refractivity contribution is 0.167. The van der Waals surface area contributed by atoms with E-state index in [-0.39, 0.29) is 12.2 Å². The highest BCUT2D eigenvalue weighted by atomic mass is 15.3. The maximum absolute atomic E-state index is 6.07. The molecular weight excluding hydrogens is 350 g/mol. The molecule has 8 N–H and O–H groups in total. The van der Waals surface area contributed by atoms with Gasteiger partial charge in [0, 0.05) is 23.8 Å². The van der Waals surface area contributed by atoms with Gasteiger partial charge >= 0.3 is 0 Å². The van der Waals surface area contributed by atoms with E-state index < -0.39 is 0 Å². The third kappa shape index (κ3) is 5.94. The van der Waals surface area contributed by atoms with Gasteiger partial charge < -0.3 is 37.3 Å². The zero-order valence-electron chi connectivity index (χ0n) is 17.3. The Morgan fingerprint density at radius 3 is 2.64 bits per heavy atom. The van der Waals surface area contributed by atoms with Crippen LogP contribution in [0.25, 0.3) is 10.9 Å². The fraction of sp³-hybridized carbons (Fsp3) is 0.429. The Balaban J connectivity index is 0.000000878. The molecule has 0 spiro atoms. The molecule has 1 aromatic carbocycles. The van der Waals surface area contributed by atoms with Crippen molar-refractivity contribution in [2.24, 2.45) is 11.5 Å². The minimum atomic E-state index is -0.0495. The normalized spacial score (nSPS) is 18.9. The molecule has 0 aliphatic carbocycles. The van der Waals surface area contributed by atoms with Gasteiger partial charge in [-0.3, -0.25) is 0 Å². The van der Waals surface area contributed by atoms with Crippen LogP contribution in [-0.2, 0) is 6.54 Å². The minimum Gasteiger partial charge on any atom is -0.386 e. The molecule has 3 rings (SSSR count). The van der Waals surface area contributed by atoms with Gasteiger partial charge in [-0.25, -0.2) is 0 Å². The first-order valence-electron chi connectivity index (χ1n) is 9.66. The van der Waals surface area contributed by atoms with Gasteiger partial charge in [-0.1, -0.05) is 24.8 Å². The Morgan fingerprint density at radius 2 is 1.96 bits per heavy atom. The summed E-state index contributed by atoms with van der Waals surface area (Å²) >= 11 is 0. The summed E-state index contributed by atoms with van der Waals surface area (Å²) < 4.78 is 0. The summed E-state index contributed by atoms with van der Waals surface area (Å²) in [5, 5.41) is 10.7. The summed E-state index contributed by atoms with van der Waals surface area (Å²) in [6.45, 7) is 11.4. The number of piperidine rings is 1. The van der Waals surface area contributed by atoms with E-state index in [1.807, 2.05) is 19.0 Å². The number of aromatic amines is 1. The van der Waals surface area contributed by atoms with Crippen LogP contribution in [0.2, 0.25) is 0 Å². The summed E-state index contributed by atoms with van der Waals surface area (Å²) in [7, 11) is 3.75. The first kappa shape index (κ1) is 21.7. The Bertz CT molecular complexity index is 795. The SMILES string of the molecule is C=C(NCc1cc2cc(C)ccc2[nH]1)NC1CC[C@H](N)N(C(=C)N)C1.CNC. The molecule has 154 valence electrons. The summed E-state index contributed by atoms with van der Waals surface area (Å²) in [4.78, 5) is 5.36. The van der Waals surface area contributed by atoms with Gasteiger partial charge in [-0.15, -0.1) is 0 Å². The smallest absolute Gasteiger partial charge is 0.0925 e. The number of aryl methyl sites for hydroxylation is 1. The van der Waals surface area contributed by atoms with Crippen LogP contribution in [0.15, 0.2) is 49.1 Å². The predicted octanol–water partition coefficient (Wildman–Crippen LogP) is 1.64. The highest BCUT2D eigenvalue weighted by molar-refractivity contribution is 5.81. The number of fused-ring (bicyclic) bond motifs is 1. The van der Waals surface area contributed by atoms with Gasteiger partial charge in [0.1, 0.15) is 0 Å². The molecule has 1 fully saturated rings. The predicted molar refractivity (Wildman–Crippen MR) is 118 cm³/mol. The largest absolute Gasteiger partial charge is 0.386 e.